The molecule has 0 bridgehead atoms. The summed E-state index contributed by atoms with van der Waals surface area (Å²) in [6.45, 7) is 6.91. The summed E-state index contributed by atoms with van der Waals surface area (Å²) in [5.41, 5.74) is 5.79. The molecule has 3 nitrogen and oxygen atoms in total. The summed E-state index contributed by atoms with van der Waals surface area (Å²) in [6.07, 6.45) is 4.70. The maximum atomic E-state index is 11.4. The molecule has 18 heavy (non-hydrogen) atoms. The zero-order chi connectivity index (χ0) is 13.5. The lowest BCUT2D eigenvalue weighted by Gasteiger charge is -2.31. The van der Waals surface area contributed by atoms with Crippen LogP contribution in [-0.2, 0) is 9.53 Å². The largest absolute Gasteiger partial charge is 0.465 e. The first kappa shape index (κ1) is 15.8. The van der Waals surface area contributed by atoms with E-state index in [1.807, 2.05) is 18.7 Å². The highest BCUT2D eigenvalue weighted by atomic mass is 32.2. The Morgan fingerprint density at radius 2 is 1.94 bits per heavy atom. The zero-order valence-corrected chi connectivity index (χ0v) is 12.7. The molecule has 2 N–H and O–H groups in total. The normalized spacial score (nSPS) is 29.9. The lowest BCUT2D eigenvalue weighted by atomic mass is 9.83. The first-order chi connectivity index (χ1) is 8.52. The lowest BCUT2D eigenvalue weighted by molar-refractivity contribution is -0.144. The number of ether oxygens (including phenoxy) is 1. The molecular formula is C14H27NO2S. The number of hydrogen-bond donors (Lipinski definition) is 1. The highest BCUT2D eigenvalue weighted by Gasteiger charge is 2.24. The first-order valence-electron chi connectivity index (χ1n) is 7.06. The molecule has 1 aliphatic rings. The minimum atomic E-state index is -0.448. The van der Waals surface area contributed by atoms with Crippen molar-refractivity contribution in [1.29, 1.82) is 0 Å². The second kappa shape index (κ2) is 8.05. The van der Waals surface area contributed by atoms with Crippen molar-refractivity contribution in [3.05, 3.63) is 0 Å². The van der Waals surface area contributed by atoms with E-state index in [0.717, 1.165) is 29.3 Å². The Morgan fingerprint density at radius 1 is 1.33 bits per heavy atom. The molecule has 0 heterocycles. The van der Waals surface area contributed by atoms with E-state index < -0.39 is 6.04 Å². The van der Waals surface area contributed by atoms with E-state index in [-0.39, 0.29) is 5.97 Å². The molecule has 0 saturated heterocycles. The number of carbonyl (C=O) groups is 1. The van der Waals surface area contributed by atoms with Crippen molar-refractivity contribution in [3.63, 3.8) is 0 Å². The second-order valence-corrected chi connectivity index (χ2v) is 6.97. The molecule has 106 valence electrons. The van der Waals surface area contributed by atoms with Gasteiger partial charge in [-0.1, -0.05) is 13.8 Å². The van der Waals surface area contributed by atoms with E-state index in [1.165, 1.54) is 19.3 Å². The fourth-order valence-electron chi connectivity index (χ4n) is 2.74. The highest BCUT2D eigenvalue weighted by Crippen LogP contribution is 2.35. The maximum Gasteiger partial charge on any atom is 0.322 e. The molecule has 1 saturated carbocycles. The smallest absolute Gasteiger partial charge is 0.322 e. The fourth-order valence-corrected chi connectivity index (χ4v) is 4.39. The fraction of sp³-hybridized carbons (Fsp3) is 0.929. The molecule has 0 aromatic carbocycles. The third kappa shape index (κ3) is 5.61. The van der Waals surface area contributed by atoms with Gasteiger partial charge in [-0.05, 0) is 50.2 Å². The average Bonchev–Trinajstić information content (AvgIpc) is 2.27. The molecule has 4 heteroatoms. The van der Waals surface area contributed by atoms with Gasteiger partial charge in [0.1, 0.15) is 6.04 Å². The standard InChI is InChI=1S/C14H27NO2S/c1-4-17-14(16)13(15)5-6-18-12-8-10(2)7-11(3)9-12/h10-13H,4-9,15H2,1-3H3. The minimum absolute atomic E-state index is 0.261. The van der Waals surface area contributed by atoms with Gasteiger partial charge in [-0.2, -0.15) is 11.8 Å². The van der Waals surface area contributed by atoms with Crippen LogP contribution in [0.4, 0.5) is 0 Å². The average molecular weight is 273 g/mol. The minimum Gasteiger partial charge on any atom is -0.465 e. The monoisotopic (exact) mass is 273 g/mol. The van der Waals surface area contributed by atoms with Crippen LogP contribution in [0.25, 0.3) is 0 Å². The van der Waals surface area contributed by atoms with Gasteiger partial charge >= 0.3 is 5.97 Å². The van der Waals surface area contributed by atoms with Gasteiger partial charge < -0.3 is 10.5 Å². The number of esters is 1. The Labute approximate surface area is 115 Å². The van der Waals surface area contributed by atoms with E-state index in [9.17, 15) is 4.79 Å². The Morgan fingerprint density at radius 3 is 2.50 bits per heavy atom. The molecule has 1 rings (SSSR count). The lowest BCUT2D eigenvalue weighted by Crippen LogP contribution is -2.33. The molecular weight excluding hydrogens is 246 g/mol. The van der Waals surface area contributed by atoms with E-state index in [2.05, 4.69) is 13.8 Å². The van der Waals surface area contributed by atoms with Gasteiger partial charge in [0.25, 0.3) is 0 Å². The van der Waals surface area contributed by atoms with E-state index in [0.29, 0.717) is 6.61 Å². The SMILES string of the molecule is CCOC(=O)C(N)CCSC1CC(C)CC(C)C1. The molecule has 3 atom stereocenters. The third-order valence-electron chi connectivity index (χ3n) is 3.51. The Kier molecular flexibility index (Phi) is 7.08. The van der Waals surface area contributed by atoms with E-state index >= 15 is 0 Å². The molecule has 1 fully saturated rings. The predicted molar refractivity (Wildman–Crippen MR) is 77.7 cm³/mol. The molecule has 0 spiro atoms. The van der Waals surface area contributed by atoms with Crippen LogP contribution in [-0.4, -0.2) is 29.6 Å². The summed E-state index contributed by atoms with van der Waals surface area (Å²) in [5.74, 6) is 2.38. The summed E-state index contributed by atoms with van der Waals surface area (Å²) < 4.78 is 4.91. The number of hydrogen-bond acceptors (Lipinski definition) is 4. The summed E-state index contributed by atoms with van der Waals surface area (Å²) in [5, 5.41) is 0.748. The van der Waals surface area contributed by atoms with Crippen molar-refractivity contribution < 1.29 is 9.53 Å². The Bertz CT molecular complexity index is 250. The predicted octanol–water partition coefficient (Wildman–Crippen LogP) is 2.82. The van der Waals surface area contributed by atoms with Gasteiger partial charge in [-0.25, -0.2) is 0 Å². The third-order valence-corrected chi connectivity index (χ3v) is 4.83. The molecule has 0 radical (unpaired) electrons. The second-order valence-electron chi connectivity index (χ2n) is 5.56. The molecule has 0 aliphatic heterocycles. The van der Waals surface area contributed by atoms with Crippen LogP contribution in [0.2, 0.25) is 0 Å². The van der Waals surface area contributed by atoms with Gasteiger partial charge in [-0.3, -0.25) is 4.79 Å². The van der Waals surface area contributed by atoms with Crippen LogP contribution < -0.4 is 5.73 Å². The van der Waals surface area contributed by atoms with Crippen molar-refractivity contribution in [2.45, 2.75) is 57.7 Å². The Hall–Kier alpha value is -0.220. The van der Waals surface area contributed by atoms with Gasteiger partial charge in [0, 0.05) is 5.25 Å². The zero-order valence-electron chi connectivity index (χ0n) is 11.9. The maximum absolute atomic E-state index is 11.4. The summed E-state index contributed by atoms with van der Waals surface area (Å²) >= 11 is 1.98. The van der Waals surface area contributed by atoms with Gasteiger partial charge in [0.2, 0.25) is 0 Å². The van der Waals surface area contributed by atoms with Crippen molar-refractivity contribution in [2.24, 2.45) is 17.6 Å². The van der Waals surface area contributed by atoms with E-state index in [1.54, 1.807) is 0 Å². The van der Waals surface area contributed by atoms with Crippen LogP contribution in [0.3, 0.4) is 0 Å². The van der Waals surface area contributed by atoms with Crippen molar-refractivity contribution in [3.8, 4) is 0 Å². The summed E-state index contributed by atoms with van der Waals surface area (Å²) in [7, 11) is 0. The number of nitrogens with two attached hydrogens (primary N) is 1. The number of carbonyl (C=O) groups excluding carboxylic acids is 1. The van der Waals surface area contributed by atoms with Crippen LogP contribution in [0, 0.1) is 11.8 Å². The number of rotatable bonds is 6. The van der Waals surface area contributed by atoms with Crippen LogP contribution in [0.15, 0.2) is 0 Å². The van der Waals surface area contributed by atoms with Crippen molar-refractivity contribution >= 4 is 17.7 Å². The summed E-state index contributed by atoms with van der Waals surface area (Å²) in [6, 6.07) is -0.448. The van der Waals surface area contributed by atoms with Crippen LogP contribution in [0.1, 0.15) is 46.5 Å². The molecule has 0 amide bonds. The van der Waals surface area contributed by atoms with Gasteiger partial charge in [0.05, 0.1) is 6.61 Å². The van der Waals surface area contributed by atoms with E-state index in [4.69, 9.17) is 10.5 Å². The number of thioether (sulfide) groups is 1. The molecule has 1 aliphatic carbocycles. The van der Waals surface area contributed by atoms with Crippen LogP contribution in [0.5, 0.6) is 0 Å². The molecule has 3 unspecified atom stereocenters. The van der Waals surface area contributed by atoms with Crippen molar-refractivity contribution in [2.75, 3.05) is 12.4 Å². The van der Waals surface area contributed by atoms with Gasteiger partial charge in [-0.15, -0.1) is 0 Å². The quantitative estimate of drug-likeness (QED) is 0.756. The summed E-state index contributed by atoms with van der Waals surface area (Å²) in [4.78, 5) is 11.4. The highest BCUT2D eigenvalue weighted by molar-refractivity contribution is 7.99. The van der Waals surface area contributed by atoms with Gasteiger partial charge in [0.15, 0.2) is 0 Å². The first-order valence-corrected chi connectivity index (χ1v) is 8.11. The topological polar surface area (TPSA) is 52.3 Å². The molecule has 0 aromatic heterocycles. The molecule has 0 aromatic rings. The Balaban J connectivity index is 2.19. The van der Waals surface area contributed by atoms with Crippen LogP contribution >= 0.6 is 11.8 Å². The van der Waals surface area contributed by atoms with Crippen molar-refractivity contribution in [1.82, 2.24) is 0 Å².